The largest absolute Gasteiger partial charge is 0.429 e. The molecule has 126 valence electrons. The SMILES string of the molecule is Cc1ccccc1S(=O)(=O)N(N)C(F)(F)C(C)(F)C(F)(F)F. The van der Waals surface area contributed by atoms with Crippen LogP contribution in [0, 0.1) is 6.92 Å². The minimum absolute atomic E-state index is 0.0404. The highest BCUT2D eigenvalue weighted by atomic mass is 32.2. The number of hydrogen-bond donors (Lipinski definition) is 1. The quantitative estimate of drug-likeness (QED) is 0.393. The topological polar surface area (TPSA) is 63.4 Å². The summed E-state index contributed by atoms with van der Waals surface area (Å²) in [6, 6.07) is -0.931. The van der Waals surface area contributed by atoms with Crippen molar-refractivity contribution in [3.05, 3.63) is 29.8 Å². The van der Waals surface area contributed by atoms with Gasteiger partial charge in [-0.15, -0.1) is 0 Å². The van der Waals surface area contributed by atoms with Crippen molar-refractivity contribution in [1.82, 2.24) is 4.41 Å². The minimum atomic E-state index is -6.03. The van der Waals surface area contributed by atoms with Crippen molar-refractivity contribution < 1.29 is 34.8 Å². The van der Waals surface area contributed by atoms with Gasteiger partial charge in [0.2, 0.25) is 0 Å². The normalized spacial score (nSPS) is 16.6. The van der Waals surface area contributed by atoms with Crippen LogP contribution in [0.2, 0.25) is 0 Å². The Morgan fingerprint density at radius 1 is 1.05 bits per heavy atom. The van der Waals surface area contributed by atoms with Crippen LogP contribution in [0.15, 0.2) is 29.2 Å². The van der Waals surface area contributed by atoms with E-state index in [0.717, 1.165) is 12.1 Å². The van der Waals surface area contributed by atoms with Crippen molar-refractivity contribution >= 4 is 10.0 Å². The highest BCUT2D eigenvalue weighted by Crippen LogP contribution is 2.47. The van der Waals surface area contributed by atoms with E-state index < -0.39 is 44.1 Å². The third-order valence-corrected chi connectivity index (χ3v) is 4.77. The number of rotatable bonds is 4. The molecular weight excluding hydrogens is 338 g/mol. The van der Waals surface area contributed by atoms with Gasteiger partial charge in [-0.05, 0) is 25.5 Å². The average Bonchev–Trinajstić information content (AvgIpc) is 2.36. The molecule has 1 unspecified atom stereocenters. The van der Waals surface area contributed by atoms with E-state index in [4.69, 9.17) is 0 Å². The monoisotopic (exact) mass is 350 g/mol. The second-order valence-electron chi connectivity index (χ2n) is 4.61. The molecule has 0 radical (unpaired) electrons. The van der Waals surface area contributed by atoms with E-state index >= 15 is 0 Å². The molecule has 0 aliphatic rings. The molecule has 0 saturated heterocycles. The fourth-order valence-electron chi connectivity index (χ4n) is 1.48. The molecule has 1 rings (SSSR count). The summed E-state index contributed by atoms with van der Waals surface area (Å²) in [4.78, 5) is -0.754. The minimum Gasteiger partial charge on any atom is -0.249 e. The molecule has 2 N–H and O–H groups in total. The van der Waals surface area contributed by atoms with Crippen molar-refractivity contribution in [3.63, 3.8) is 0 Å². The van der Waals surface area contributed by atoms with Crippen molar-refractivity contribution in [1.29, 1.82) is 0 Å². The Morgan fingerprint density at radius 3 is 1.91 bits per heavy atom. The molecule has 0 fully saturated rings. The maximum atomic E-state index is 13.7. The summed E-state index contributed by atoms with van der Waals surface area (Å²) < 4.78 is 101. The molecule has 1 aromatic rings. The summed E-state index contributed by atoms with van der Waals surface area (Å²) in [7, 11) is -5.25. The van der Waals surface area contributed by atoms with Gasteiger partial charge < -0.3 is 0 Å². The van der Waals surface area contributed by atoms with Crippen molar-refractivity contribution in [3.8, 4) is 0 Å². The van der Waals surface area contributed by atoms with E-state index in [2.05, 4.69) is 5.84 Å². The smallest absolute Gasteiger partial charge is 0.249 e. The molecule has 0 spiro atoms. The molecule has 0 aromatic heterocycles. The zero-order chi connectivity index (χ0) is 17.6. The predicted octanol–water partition coefficient (Wildman–Crippen LogP) is 2.74. The second-order valence-corrected chi connectivity index (χ2v) is 6.39. The molecule has 1 aromatic carbocycles. The lowest BCUT2D eigenvalue weighted by atomic mass is 10.1. The fourth-order valence-corrected chi connectivity index (χ4v) is 2.89. The first kappa shape index (κ1) is 18.7. The molecule has 22 heavy (non-hydrogen) atoms. The summed E-state index contributed by atoms with van der Waals surface area (Å²) in [5.74, 6) is 4.67. The van der Waals surface area contributed by atoms with Crippen LogP contribution in [0.4, 0.5) is 26.3 Å². The lowest BCUT2D eigenvalue weighted by Gasteiger charge is -2.36. The zero-order valence-electron chi connectivity index (χ0n) is 11.3. The number of nitrogens with zero attached hydrogens (tertiary/aromatic N) is 1. The van der Waals surface area contributed by atoms with Gasteiger partial charge in [-0.3, -0.25) is 0 Å². The van der Waals surface area contributed by atoms with Gasteiger partial charge in [0.15, 0.2) is 0 Å². The average molecular weight is 350 g/mol. The molecule has 0 aliphatic heterocycles. The van der Waals surface area contributed by atoms with Crippen LogP contribution in [0.25, 0.3) is 0 Å². The van der Waals surface area contributed by atoms with Crippen molar-refractivity contribution in [2.75, 3.05) is 0 Å². The van der Waals surface area contributed by atoms with Crippen LogP contribution in [0.3, 0.4) is 0 Å². The van der Waals surface area contributed by atoms with Crippen molar-refractivity contribution in [2.24, 2.45) is 5.84 Å². The van der Waals surface area contributed by atoms with Gasteiger partial charge in [0.25, 0.3) is 15.7 Å². The first-order valence-corrected chi connectivity index (χ1v) is 7.10. The number of alkyl halides is 6. The predicted molar refractivity (Wildman–Crippen MR) is 64.9 cm³/mol. The van der Waals surface area contributed by atoms with Gasteiger partial charge in [-0.25, -0.2) is 18.7 Å². The lowest BCUT2D eigenvalue weighted by molar-refractivity contribution is -0.322. The number of benzene rings is 1. The Bertz CT molecular complexity index is 657. The molecule has 1 atom stereocenters. The van der Waals surface area contributed by atoms with Gasteiger partial charge in [-0.2, -0.15) is 22.0 Å². The lowest BCUT2D eigenvalue weighted by Crippen LogP contribution is -2.65. The molecule has 0 bridgehead atoms. The maximum absolute atomic E-state index is 13.7. The highest BCUT2D eigenvalue weighted by molar-refractivity contribution is 7.89. The second kappa shape index (κ2) is 5.39. The summed E-state index contributed by atoms with van der Waals surface area (Å²) in [5, 5.41) is 0. The summed E-state index contributed by atoms with van der Waals surface area (Å²) >= 11 is 0. The van der Waals surface area contributed by atoms with Crippen LogP contribution in [-0.2, 0) is 10.0 Å². The number of hydrazine groups is 1. The number of hydrogen-bond acceptors (Lipinski definition) is 3. The molecule has 11 heteroatoms. The van der Waals surface area contributed by atoms with E-state index in [1.165, 1.54) is 19.1 Å². The standard InChI is InChI=1S/C11H12F6N2O2S/c1-7-5-3-4-6-8(7)22(20,21)19(18)11(16,17)9(2,12)10(13,14)15/h3-6H,18H2,1-2H3. The molecule has 0 heterocycles. The number of nitrogens with two attached hydrogens (primary N) is 1. The molecule has 0 aliphatic carbocycles. The third kappa shape index (κ3) is 2.79. The summed E-state index contributed by atoms with van der Waals surface area (Å²) in [6.45, 7) is 0.734. The van der Waals surface area contributed by atoms with Crippen LogP contribution in [-0.4, -0.2) is 30.7 Å². The van der Waals surface area contributed by atoms with Gasteiger partial charge in [0.05, 0.1) is 4.90 Å². The van der Waals surface area contributed by atoms with Gasteiger partial charge >= 0.3 is 12.2 Å². The van der Waals surface area contributed by atoms with Crippen LogP contribution in [0.1, 0.15) is 12.5 Å². The fraction of sp³-hybridized carbons (Fsp3) is 0.455. The maximum Gasteiger partial charge on any atom is 0.429 e. The number of aryl methyl sites for hydroxylation is 1. The molecular formula is C11H12F6N2O2S. The Labute approximate surface area is 122 Å². The Kier molecular flexibility index (Phi) is 4.58. The first-order valence-electron chi connectivity index (χ1n) is 5.66. The van der Waals surface area contributed by atoms with Gasteiger partial charge in [-0.1, -0.05) is 22.6 Å². The van der Waals surface area contributed by atoms with E-state index in [-0.39, 0.29) is 5.56 Å². The summed E-state index contributed by atoms with van der Waals surface area (Å²) in [6.07, 6.45) is -6.03. The van der Waals surface area contributed by atoms with Gasteiger partial charge in [0, 0.05) is 0 Å². The van der Waals surface area contributed by atoms with Gasteiger partial charge in [0.1, 0.15) is 0 Å². The van der Waals surface area contributed by atoms with E-state index in [1.807, 2.05) is 0 Å². The number of halogens is 6. The first-order chi connectivity index (χ1) is 9.67. The third-order valence-electron chi connectivity index (χ3n) is 3.00. The van der Waals surface area contributed by atoms with Crippen LogP contribution in [0.5, 0.6) is 0 Å². The van der Waals surface area contributed by atoms with E-state index in [9.17, 15) is 34.8 Å². The highest BCUT2D eigenvalue weighted by Gasteiger charge is 2.72. The summed E-state index contributed by atoms with van der Waals surface area (Å²) in [5.41, 5.74) is -5.22. The molecule has 0 amide bonds. The Balaban J connectivity index is 3.42. The zero-order valence-corrected chi connectivity index (χ0v) is 12.1. The van der Waals surface area contributed by atoms with Crippen molar-refractivity contribution in [2.45, 2.75) is 36.6 Å². The number of sulfonamides is 1. The van der Waals surface area contributed by atoms with Crippen LogP contribution >= 0.6 is 0 Å². The van der Waals surface area contributed by atoms with E-state index in [0.29, 0.717) is 0 Å². The van der Waals surface area contributed by atoms with Crippen LogP contribution < -0.4 is 5.84 Å². The molecule has 4 nitrogen and oxygen atoms in total. The molecule has 0 saturated carbocycles. The Hall–Kier alpha value is -1.33. The Morgan fingerprint density at radius 2 is 1.50 bits per heavy atom. The van der Waals surface area contributed by atoms with E-state index in [1.54, 1.807) is 0 Å².